The van der Waals surface area contributed by atoms with Crippen LogP contribution in [0.15, 0.2) is 24.3 Å². The third-order valence-electron chi connectivity index (χ3n) is 3.97. The van der Waals surface area contributed by atoms with E-state index < -0.39 is 24.5 Å². The minimum atomic E-state index is -4.41. The van der Waals surface area contributed by atoms with Crippen LogP contribution in [-0.2, 0) is 9.53 Å². The van der Waals surface area contributed by atoms with Gasteiger partial charge in [-0.1, -0.05) is 0 Å². The van der Waals surface area contributed by atoms with E-state index in [1.807, 2.05) is 0 Å². The van der Waals surface area contributed by atoms with Gasteiger partial charge in [-0.2, -0.15) is 13.2 Å². The average molecular weight is 402 g/mol. The molecule has 1 atom stereocenters. The Morgan fingerprint density at radius 2 is 1.82 bits per heavy atom. The molecule has 0 radical (unpaired) electrons. The fraction of sp³-hybridized carbons (Fsp3) is 0.579. The van der Waals surface area contributed by atoms with Gasteiger partial charge in [-0.15, -0.1) is 0 Å². The molecule has 1 aliphatic rings. The molecule has 0 spiro atoms. The lowest BCUT2D eigenvalue weighted by Crippen LogP contribution is -2.45. The molecule has 1 aromatic rings. The molecule has 0 aliphatic carbocycles. The molecule has 1 aliphatic heterocycles. The molecular weight excluding hydrogens is 377 g/mol. The summed E-state index contributed by atoms with van der Waals surface area (Å²) in [4.78, 5) is 26.2. The summed E-state index contributed by atoms with van der Waals surface area (Å²) in [7, 11) is 0. The number of hydrogen-bond acceptors (Lipinski definition) is 4. The Balaban J connectivity index is 1.89. The molecule has 2 rings (SSSR count). The lowest BCUT2D eigenvalue weighted by Gasteiger charge is -2.33. The van der Waals surface area contributed by atoms with E-state index >= 15 is 0 Å². The van der Waals surface area contributed by atoms with Gasteiger partial charge in [-0.05, 0) is 57.9 Å². The number of ether oxygens (including phenoxy) is 2. The number of nitrogens with one attached hydrogen (secondary N) is 1. The van der Waals surface area contributed by atoms with Crippen molar-refractivity contribution >= 4 is 17.7 Å². The quantitative estimate of drug-likeness (QED) is 0.819. The fourth-order valence-corrected chi connectivity index (χ4v) is 2.73. The predicted octanol–water partition coefficient (Wildman–Crippen LogP) is 4.21. The van der Waals surface area contributed by atoms with Gasteiger partial charge in [0.1, 0.15) is 11.4 Å². The molecule has 1 N–H and O–H groups in total. The van der Waals surface area contributed by atoms with Crippen LogP contribution in [-0.4, -0.2) is 48.4 Å². The highest BCUT2D eigenvalue weighted by molar-refractivity contribution is 5.93. The van der Waals surface area contributed by atoms with Crippen molar-refractivity contribution in [3.05, 3.63) is 24.3 Å². The van der Waals surface area contributed by atoms with E-state index in [1.54, 1.807) is 20.8 Å². The number of anilines is 1. The largest absolute Gasteiger partial charge is 0.484 e. The van der Waals surface area contributed by atoms with Crippen molar-refractivity contribution in [2.24, 2.45) is 5.92 Å². The molecule has 2 amide bonds. The Labute approximate surface area is 162 Å². The van der Waals surface area contributed by atoms with Crippen molar-refractivity contribution in [3.63, 3.8) is 0 Å². The minimum absolute atomic E-state index is 0.0593. The number of piperidine rings is 1. The zero-order valence-electron chi connectivity index (χ0n) is 16.1. The van der Waals surface area contributed by atoms with Crippen LogP contribution >= 0.6 is 0 Å². The van der Waals surface area contributed by atoms with Crippen LogP contribution in [0.5, 0.6) is 5.75 Å². The molecule has 1 heterocycles. The number of rotatable bonds is 4. The monoisotopic (exact) mass is 402 g/mol. The second kappa shape index (κ2) is 8.70. The first-order chi connectivity index (χ1) is 12.9. The SMILES string of the molecule is CC(C)(C)OC(=O)N1CCCC(C(=O)Nc2ccc(OCC(F)(F)F)cc2)C1. The van der Waals surface area contributed by atoms with E-state index in [0.717, 1.165) is 0 Å². The van der Waals surface area contributed by atoms with Gasteiger partial charge in [0.25, 0.3) is 0 Å². The summed E-state index contributed by atoms with van der Waals surface area (Å²) in [6.45, 7) is 4.75. The van der Waals surface area contributed by atoms with Gasteiger partial charge in [0.2, 0.25) is 5.91 Å². The van der Waals surface area contributed by atoms with Crippen molar-refractivity contribution < 1.29 is 32.2 Å². The molecule has 6 nitrogen and oxygen atoms in total. The number of carbonyl (C=O) groups is 2. The zero-order valence-corrected chi connectivity index (χ0v) is 16.1. The van der Waals surface area contributed by atoms with Gasteiger partial charge in [0.05, 0.1) is 5.92 Å². The number of alkyl halides is 3. The van der Waals surface area contributed by atoms with E-state index in [4.69, 9.17) is 4.74 Å². The van der Waals surface area contributed by atoms with Crippen LogP contribution in [0.2, 0.25) is 0 Å². The summed E-state index contributed by atoms with van der Waals surface area (Å²) in [5.41, 5.74) is -0.166. The smallest absolute Gasteiger partial charge is 0.422 e. The van der Waals surface area contributed by atoms with Crippen molar-refractivity contribution in [2.45, 2.75) is 45.4 Å². The Hall–Kier alpha value is -2.45. The van der Waals surface area contributed by atoms with E-state index in [1.165, 1.54) is 29.2 Å². The summed E-state index contributed by atoms with van der Waals surface area (Å²) < 4.78 is 46.5. The van der Waals surface area contributed by atoms with Gasteiger partial charge in [0, 0.05) is 18.8 Å². The van der Waals surface area contributed by atoms with Gasteiger partial charge in [-0.25, -0.2) is 4.79 Å². The van der Waals surface area contributed by atoms with Crippen LogP contribution in [0.1, 0.15) is 33.6 Å². The van der Waals surface area contributed by atoms with Crippen LogP contribution in [0, 0.1) is 5.92 Å². The van der Waals surface area contributed by atoms with E-state index in [9.17, 15) is 22.8 Å². The normalized spacial score (nSPS) is 17.8. The Morgan fingerprint density at radius 1 is 1.18 bits per heavy atom. The second-order valence-electron chi connectivity index (χ2n) is 7.68. The third-order valence-corrected chi connectivity index (χ3v) is 3.97. The molecule has 0 bridgehead atoms. The van der Waals surface area contributed by atoms with Gasteiger partial charge in [0.15, 0.2) is 6.61 Å². The van der Waals surface area contributed by atoms with Crippen molar-refractivity contribution in [2.75, 3.05) is 25.0 Å². The first-order valence-electron chi connectivity index (χ1n) is 9.01. The average Bonchev–Trinajstić information content (AvgIpc) is 2.59. The lowest BCUT2D eigenvalue weighted by atomic mass is 9.97. The van der Waals surface area contributed by atoms with Crippen molar-refractivity contribution in [3.8, 4) is 5.75 Å². The number of carbonyl (C=O) groups excluding carboxylic acids is 2. The highest BCUT2D eigenvalue weighted by atomic mass is 19.4. The van der Waals surface area contributed by atoms with Crippen molar-refractivity contribution in [1.82, 2.24) is 4.90 Å². The Bertz CT molecular complexity index is 684. The predicted molar refractivity (Wildman–Crippen MR) is 97.2 cm³/mol. The van der Waals surface area contributed by atoms with Crippen LogP contribution < -0.4 is 10.1 Å². The van der Waals surface area contributed by atoms with Gasteiger partial charge >= 0.3 is 12.3 Å². The van der Waals surface area contributed by atoms with E-state index in [-0.39, 0.29) is 24.1 Å². The molecule has 1 aromatic carbocycles. The number of likely N-dealkylation sites (tertiary alicyclic amines) is 1. The molecule has 1 saturated heterocycles. The first-order valence-corrected chi connectivity index (χ1v) is 9.01. The third kappa shape index (κ3) is 7.28. The Morgan fingerprint density at radius 3 is 2.39 bits per heavy atom. The minimum Gasteiger partial charge on any atom is -0.484 e. The number of hydrogen-bond donors (Lipinski definition) is 1. The van der Waals surface area contributed by atoms with E-state index in [0.29, 0.717) is 25.1 Å². The maximum atomic E-state index is 12.5. The standard InChI is InChI=1S/C19H25F3N2O4/c1-18(2,3)28-17(26)24-10-4-5-13(11-24)16(25)23-14-6-8-15(9-7-14)27-12-19(20,21)22/h6-9,13H,4-5,10-12H2,1-3H3,(H,23,25). The fourth-order valence-electron chi connectivity index (χ4n) is 2.73. The van der Waals surface area contributed by atoms with E-state index in [2.05, 4.69) is 10.1 Å². The molecular formula is C19H25F3N2O4. The molecule has 156 valence electrons. The molecule has 28 heavy (non-hydrogen) atoms. The molecule has 0 aromatic heterocycles. The molecule has 1 unspecified atom stereocenters. The zero-order chi connectivity index (χ0) is 20.9. The van der Waals surface area contributed by atoms with Gasteiger partial charge in [-0.3, -0.25) is 4.79 Å². The molecule has 1 fully saturated rings. The highest BCUT2D eigenvalue weighted by Gasteiger charge is 2.31. The van der Waals surface area contributed by atoms with Crippen LogP contribution in [0.25, 0.3) is 0 Å². The van der Waals surface area contributed by atoms with Crippen LogP contribution in [0.4, 0.5) is 23.7 Å². The summed E-state index contributed by atoms with van der Waals surface area (Å²) in [5, 5.41) is 2.72. The highest BCUT2D eigenvalue weighted by Crippen LogP contribution is 2.23. The number of benzene rings is 1. The Kier molecular flexibility index (Phi) is 6.79. The maximum absolute atomic E-state index is 12.5. The van der Waals surface area contributed by atoms with Crippen LogP contribution in [0.3, 0.4) is 0 Å². The lowest BCUT2D eigenvalue weighted by molar-refractivity contribution is -0.153. The summed E-state index contributed by atoms with van der Waals surface area (Å²) in [5.74, 6) is -0.580. The van der Waals surface area contributed by atoms with Gasteiger partial charge < -0.3 is 19.7 Å². The topological polar surface area (TPSA) is 67.9 Å². The van der Waals surface area contributed by atoms with Crippen molar-refractivity contribution in [1.29, 1.82) is 0 Å². The number of halogens is 3. The number of nitrogens with zero attached hydrogens (tertiary/aromatic N) is 1. The maximum Gasteiger partial charge on any atom is 0.422 e. The molecule has 0 saturated carbocycles. The second-order valence-corrected chi connectivity index (χ2v) is 7.68. The summed E-state index contributed by atoms with van der Waals surface area (Å²) in [6, 6.07) is 5.65. The summed E-state index contributed by atoms with van der Waals surface area (Å²) >= 11 is 0. The molecule has 9 heteroatoms. The summed E-state index contributed by atoms with van der Waals surface area (Å²) in [6.07, 6.45) is -3.54. The first kappa shape index (κ1) is 21.8. The number of amides is 2.